The molecule has 0 unspecified atom stereocenters. The number of benzene rings is 3. The van der Waals surface area contributed by atoms with Crippen molar-refractivity contribution in [3.8, 4) is 33.6 Å². The molecule has 3 aromatic carbocycles. The maximum absolute atomic E-state index is 13.3. The summed E-state index contributed by atoms with van der Waals surface area (Å²) in [7, 11) is 0. The van der Waals surface area contributed by atoms with Gasteiger partial charge in [-0.15, -0.1) is 0 Å². The second-order valence-corrected chi connectivity index (χ2v) is 8.90. The molecule has 7 rings (SSSR count). The normalized spacial score (nSPS) is 11.6. The van der Waals surface area contributed by atoms with Crippen LogP contribution in [0.15, 0.2) is 105 Å². The Bertz CT molecular complexity index is 1940. The summed E-state index contributed by atoms with van der Waals surface area (Å²) < 4.78 is 2.11. The zero-order valence-electron chi connectivity index (χ0n) is 19.5. The first-order chi connectivity index (χ1) is 18.5. The van der Waals surface area contributed by atoms with E-state index in [4.69, 9.17) is 0 Å². The summed E-state index contributed by atoms with van der Waals surface area (Å²) in [5.74, 6) is 0. The lowest BCUT2D eigenvalue weighted by molar-refractivity contribution is 0.988. The van der Waals surface area contributed by atoms with E-state index < -0.39 is 22.2 Å². The maximum atomic E-state index is 13.3. The summed E-state index contributed by atoms with van der Waals surface area (Å²) in [6.45, 7) is 0. The SMILES string of the molecule is O=c1c2cc3c(=O)n(-c4ccc(-c5cn[nH]c5)cc4)c(=O)c3cc2c(=O)n1-c1ccc(-c2cn[nH]c2)cc1. The van der Waals surface area contributed by atoms with Gasteiger partial charge >= 0.3 is 0 Å². The monoisotopic (exact) mass is 500 g/mol. The molecular formula is C28H16N6O4. The van der Waals surface area contributed by atoms with Crippen molar-refractivity contribution in [2.75, 3.05) is 0 Å². The molecule has 0 aliphatic carbocycles. The fraction of sp³-hybridized carbons (Fsp3) is 0. The van der Waals surface area contributed by atoms with Crippen molar-refractivity contribution in [2.24, 2.45) is 0 Å². The first-order valence-electron chi connectivity index (χ1n) is 11.7. The van der Waals surface area contributed by atoms with E-state index in [1.54, 1.807) is 73.3 Å². The molecule has 4 aromatic heterocycles. The lowest BCUT2D eigenvalue weighted by Crippen LogP contribution is -2.24. The van der Waals surface area contributed by atoms with Crippen LogP contribution in [0.2, 0.25) is 0 Å². The first-order valence-corrected chi connectivity index (χ1v) is 11.7. The van der Waals surface area contributed by atoms with E-state index in [1.165, 1.54) is 12.1 Å². The molecule has 0 bridgehead atoms. The van der Waals surface area contributed by atoms with Crippen molar-refractivity contribution < 1.29 is 0 Å². The fourth-order valence-corrected chi connectivity index (χ4v) is 4.87. The van der Waals surface area contributed by atoms with Crippen LogP contribution in [0, 0.1) is 0 Å². The highest BCUT2D eigenvalue weighted by atomic mass is 16.2. The topological polar surface area (TPSA) is 136 Å². The average Bonchev–Trinajstić information content (AvgIpc) is 3.74. The number of nitrogens with zero attached hydrogens (tertiary/aromatic N) is 4. The minimum atomic E-state index is -0.549. The molecule has 10 heteroatoms. The Labute approximate surface area is 211 Å². The third-order valence-corrected chi connectivity index (χ3v) is 6.81. The van der Waals surface area contributed by atoms with Crippen molar-refractivity contribution in [3.05, 3.63) is 127 Å². The molecule has 0 spiro atoms. The number of hydrogen-bond acceptors (Lipinski definition) is 6. The van der Waals surface area contributed by atoms with Crippen LogP contribution in [0.25, 0.3) is 55.2 Å². The van der Waals surface area contributed by atoms with Crippen LogP contribution in [-0.4, -0.2) is 29.5 Å². The van der Waals surface area contributed by atoms with Crippen molar-refractivity contribution >= 4 is 21.5 Å². The third kappa shape index (κ3) is 3.07. The van der Waals surface area contributed by atoms with Gasteiger partial charge in [0.15, 0.2) is 0 Å². The molecule has 0 radical (unpaired) electrons. The van der Waals surface area contributed by atoms with E-state index >= 15 is 0 Å². The Balaban J connectivity index is 1.36. The number of hydrogen-bond donors (Lipinski definition) is 2. The van der Waals surface area contributed by atoms with Gasteiger partial charge in [-0.2, -0.15) is 10.2 Å². The molecule has 0 aliphatic rings. The quantitative estimate of drug-likeness (QED) is 0.382. The van der Waals surface area contributed by atoms with Gasteiger partial charge in [0.2, 0.25) is 0 Å². The molecule has 4 heterocycles. The van der Waals surface area contributed by atoms with Crippen molar-refractivity contribution in [3.63, 3.8) is 0 Å². The summed E-state index contributed by atoms with van der Waals surface area (Å²) in [6.07, 6.45) is 6.82. The van der Waals surface area contributed by atoms with Gasteiger partial charge in [-0.25, -0.2) is 9.13 Å². The second-order valence-electron chi connectivity index (χ2n) is 8.90. The van der Waals surface area contributed by atoms with E-state index in [0.717, 1.165) is 31.4 Å². The Morgan fingerprint density at radius 1 is 0.474 bits per heavy atom. The Hall–Kier alpha value is -5.64. The van der Waals surface area contributed by atoms with Gasteiger partial charge in [0.25, 0.3) is 22.2 Å². The van der Waals surface area contributed by atoms with Gasteiger partial charge in [-0.1, -0.05) is 24.3 Å². The lowest BCUT2D eigenvalue weighted by atomic mass is 10.1. The van der Waals surface area contributed by atoms with E-state index in [1.807, 2.05) is 0 Å². The largest absolute Gasteiger partial charge is 0.285 e. The molecule has 38 heavy (non-hydrogen) atoms. The zero-order valence-corrected chi connectivity index (χ0v) is 19.5. The first kappa shape index (κ1) is 21.6. The molecule has 0 aliphatic heterocycles. The van der Waals surface area contributed by atoms with E-state index in [-0.39, 0.29) is 21.5 Å². The highest BCUT2D eigenvalue weighted by Crippen LogP contribution is 2.22. The molecule has 0 saturated heterocycles. The summed E-state index contributed by atoms with van der Waals surface area (Å²) in [4.78, 5) is 53.1. The number of nitrogens with one attached hydrogen (secondary N) is 2. The van der Waals surface area contributed by atoms with Crippen LogP contribution in [0.5, 0.6) is 0 Å². The minimum absolute atomic E-state index is 0.0889. The van der Waals surface area contributed by atoms with E-state index in [2.05, 4.69) is 20.4 Å². The zero-order chi connectivity index (χ0) is 26.0. The van der Waals surface area contributed by atoms with Gasteiger partial charge in [0.1, 0.15) is 0 Å². The number of rotatable bonds is 4. The lowest BCUT2D eigenvalue weighted by Gasteiger charge is -2.02. The standard InChI is InChI=1S/C28H16N6O4/c35-25-21-9-23-24(28(38)34(27(23)37)20-7-3-16(4-8-20)18-13-31-32-14-18)10-22(21)26(36)33(25)19-5-1-15(2-6-19)17-11-29-30-12-17/h1-14H,(H,29,30)(H,31,32). The predicted molar refractivity (Wildman–Crippen MR) is 143 cm³/mol. The Kier molecular flexibility index (Phi) is 4.52. The van der Waals surface area contributed by atoms with E-state index in [0.29, 0.717) is 11.4 Å². The summed E-state index contributed by atoms with van der Waals surface area (Å²) in [6, 6.07) is 16.5. The molecule has 0 fully saturated rings. The van der Waals surface area contributed by atoms with Crippen LogP contribution < -0.4 is 22.2 Å². The van der Waals surface area contributed by atoms with Crippen LogP contribution in [-0.2, 0) is 0 Å². The highest BCUT2D eigenvalue weighted by molar-refractivity contribution is 5.98. The van der Waals surface area contributed by atoms with Gasteiger partial charge in [-0.3, -0.25) is 29.4 Å². The Morgan fingerprint density at radius 2 is 0.816 bits per heavy atom. The molecule has 0 atom stereocenters. The molecule has 2 N–H and O–H groups in total. The maximum Gasteiger partial charge on any atom is 0.266 e. The van der Waals surface area contributed by atoms with Crippen LogP contribution in [0.1, 0.15) is 0 Å². The molecule has 7 aromatic rings. The van der Waals surface area contributed by atoms with E-state index in [9.17, 15) is 19.2 Å². The smallest absolute Gasteiger partial charge is 0.266 e. The number of aromatic amines is 2. The summed E-state index contributed by atoms with van der Waals surface area (Å²) in [5, 5.41) is 13.7. The van der Waals surface area contributed by atoms with Gasteiger partial charge in [0, 0.05) is 23.5 Å². The van der Waals surface area contributed by atoms with Crippen molar-refractivity contribution in [1.82, 2.24) is 29.5 Å². The highest BCUT2D eigenvalue weighted by Gasteiger charge is 2.21. The second kappa shape index (κ2) is 7.93. The number of aromatic nitrogens is 6. The van der Waals surface area contributed by atoms with Gasteiger partial charge in [0.05, 0.1) is 45.3 Å². The minimum Gasteiger partial charge on any atom is -0.285 e. The number of fused-ring (bicyclic) bond motifs is 2. The number of H-pyrrole nitrogens is 2. The van der Waals surface area contributed by atoms with Crippen molar-refractivity contribution in [1.29, 1.82) is 0 Å². The fourth-order valence-electron chi connectivity index (χ4n) is 4.87. The van der Waals surface area contributed by atoms with Crippen LogP contribution >= 0.6 is 0 Å². The summed E-state index contributed by atoms with van der Waals surface area (Å²) >= 11 is 0. The molecule has 182 valence electrons. The van der Waals surface area contributed by atoms with Gasteiger partial charge < -0.3 is 0 Å². The Morgan fingerprint density at radius 3 is 1.11 bits per heavy atom. The van der Waals surface area contributed by atoms with Crippen LogP contribution in [0.4, 0.5) is 0 Å². The van der Waals surface area contributed by atoms with Gasteiger partial charge in [-0.05, 0) is 47.5 Å². The molecular weight excluding hydrogens is 484 g/mol. The summed E-state index contributed by atoms with van der Waals surface area (Å²) in [5.41, 5.74) is 2.06. The average molecular weight is 500 g/mol. The predicted octanol–water partition coefficient (Wildman–Crippen LogP) is 2.67. The third-order valence-electron chi connectivity index (χ3n) is 6.81. The molecule has 0 saturated carbocycles. The van der Waals surface area contributed by atoms with Crippen molar-refractivity contribution in [2.45, 2.75) is 0 Å². The van der Waals surface area contributed by atoms with Crippen LogP contribution in [0.3, 0.4) is 0 Å². The molecule has 0 amide bonds. The molecule has 10 nitrogen and oxygen atoms in total.